The molecule has 3 heterocycles. The highest BCUT2D eigenvalue weighted by Crippen LogP contribution is 2.50. The summed E-state index contributed by atoms with van der Waals surface area (Å²) in [7, 11) is 1.41. The van der Waals surface area contributed by atoms with Crippen molar-refractivity contribution in [1.29, 1.82) is 0 Å². The number of rotatable bonds is 2. The monoisotopic (exact) mass is 354 g/mol. The number of carbonyl (C=O) groups is 1. The second-order valence-corrected chi connectivity index (χ2v) is 6.10. The minimum Gasteiger partial charge on any atom is -0.504 e. The molecule has 132 valence electrons. The minimum absolute atomic E-state index is 0.0900. The number of carbonyl (C=O) groups excluding carboxylic acids is 1. The van der Waals surface area contributed by atoms with Crippen LogP contribution in [0.2, 0.25) is 0 Å². The lowest BCUT2D eigenvalue weighted by molar-refractivity contribution is 0.0847. The van der Waals surface area contributed by atoms with Gasteiger partial charge in [0.2, 0.25) is 12.5 Å². The molecule has 0 unspecified atom stereocenters. The molecule has 7 heteroatoms. The van der Waals surface area contributed by atoms with Gasteiger partial charge in [-0.1, -0.05) is 6.07 Å². The van der Waals surface area contributed by atoms with E-state index in [2.05, 4.69) is 0 Å². The molecule has 2 aliphatic heterocycles. The topological polar surface area (TPSA) is 87.4 Å². The largest absolute Gasteiger partial charge is 0.504 e. The van der Waals surface area contributed by atoms with Crippen molar-refractivity contribution in [1.82, 2.24) is 0 Å². The van der Waals surface area contributed by atoms with E-state index in [1.54, 1.807) is 18.2 Å². The predicted molar refractivity (Wildman–Crippen MR) is 89.3 cm³/mol. The summed E-state index contributed by atoms with van der Waals surface area (Å²) in [6, 6.07) is 7.12. The maximum atomic E-state index is 12.8. The van der Waals surface area contributed by atoms with Crippen LogP contribution >= 0.6 is 0 Å². The number of aromatic hydroxyl groups is 1. The number of fused-ring (bicyclic) bond motifs is 4. The minimum atomic E-state index is -0.504. The lowest BCUT2D eigenvalue weighted by Gasteiger charge is -2.27. The van der Waals surface area contributed by atoms with E-state index in [1.165, 1.54) is 13.4 Å². The molecule has 26 heavy (non-hydrogen) atoms. The van der Waals surface area contributed by atoms with Crippen molar-refractivity contribution in [2.24, 2.45) is 0 Å². The van der Waals surface area contributed by atoms with Crippen LogP contribution in [-0.2, 0) is 0 Å². The summed E-state index contributed by atoms with van der Waals surface area (Å²) in [6.07, 6.45) is 1.05. The number of furan rings is 1. The van der Waals surface area contributed by atoms with Crippen molar-refractivity contribution in [3.8, 4) is 28.7 Å². The maximum Gasteiger partial charge on any atom is 0.231 e. The quantitative estimate of drug-likeness (QED) is 0.752. The lowest BCUT2D eigenvalue weighted by atomic mass is 9.94. The average molecular weight is 354 g/mol. The van der Waals surface area contributed by atoms with E-state index in [1.807, 2.05) is 6.07 Å². The summed E-state index contributed by atoms with van der Waals surface area (Å²) >= 11 is 0. The Morgan fingerprint density at radius 2 is 2.04 bits per heavy atom. The highest BCUT2D eigenvalue weighted by molar-refractivity contribution is 6.10. The molecule has 0 spiro atoms. The SMILES string of the molecule is COc1c(O)c2c(c3ccoc13)O[C@H](c1ccc3c(c1)OCO3)CC2=O. The van der Waals surface area contributed by atoms with Crippen molar-refractivity contribution >= 4 is 16.8 Å². The smallest absolute Gasteiger partial charge is 0.231 e. The van der Waals surface area contributed by atoms with E-state index < -0.39 is 6.10 Å². The van der Waals surface area contributed by atoms with E-state index in [-0.39, 0.29) is 36.1 Å². The van der Waals surface area contributed by atoms with Crippen LogP contribution in [0.4, 0.5) is 0 Å². The van der Waals surface area contributed by atoms with Gasteiger partial charge in [0.05, 0.1) is 25.2 Å². The zero-order valence-corrected chi connectivity index (χ0v) is 13.8. The zero-order chi connectivity index (χ0) is 17.8. The van der Waals surface area contributed by atoms with Crippen LogP contribution in [0, 0.1) is 0 Å². The molecule has 1 aromatic heterocycles. The van der Waals surface area contributed by atoms with Crippen molar-refractivity contribution in [3.05, 3.63) is 41.7 Å². The van der Waals surface area contributed by atoms with Crippen molar-refractivity contribution in [3.63, 3.8) is 0 Å². The van der Waals surface area contributed by atoms with Crippen LogP contribution in [0.25, 0.3) is 11.0 Å². The summed E-state index contributed by atoms with van der Waals surface area (Å²) < 4.78 is 27.4. The first-order chi connectivity index (χ1) is 12.7. The molecule has 0 saturated carbocycles. The van der Waals surface area contributed by atoms with Crippen LogP contribution in [0.3, 0.4) is 0 Å². The van der Waals surface area contributed by atoms with Gasteiger partial charge in [-0.3, -0.25) is 4.79 Å². The van der Waals surface area contributed by atoms with Crippen LogP contribution in [0.5, 0.6) is 28.7 Å². The Morgan fingerprint density at radius 1 is 1.19 bits per heavy atom. The van der Waals surface area contributed by atoms with Gasteiger partial charge in [-0.25, -0.2) is 0 Å². The first-order valence-corrected chi connectivity index (χ1v) is 8.07. The Kier molecular flexibility index (Phi) is 3.06. The fraction of sp³-hybridized carbons (Fsp3) is 0.211. The number of phenols is 1. The van der Waals surface area contributed by atoms with E-state index in [0.29, 0.717) is 28.2 Å². The molecular weight excluding hydrogens is 340 g/mol. The van der Waals surface area contributed by atoms with Gasteiger partial charge in [-0.15, -0.1) is 0 Å². The molecule has 1 N–H and O–H groups in total. The Bertz CT molecular complexity index is 1050. The average Bonchev–Trinajstić information content (AvgIpc) is 3.30. The number of phenolic OH excluding ortho intramolecular Hbond substituents is 1. The molecule has 3 aromatic rings. The fourth-order valence-electron chi connectivity index (χ4n) is 3.45. The van der Waals surface area contributed by atoms with Gasteiger partial charge in [0.15, 0.2) is 28.6 Å². The Balaban J connectivity index is 1.64. The van der Waals surface area contributed by atoms with E-state index in [0.717, 1.165) is 5.56 Å². The number of Topliss-reactive ketones (excluding diaryl/α,β-unsaturated/α-hetero) is 1. The first kappa shape index (κ1) is 14.9. The number of ether oxygens (including phenoxy) is 4. The molecule has 0 saturated heterocycles. The van der Waals surface area contributed by atoms with Gasteiger partial charge >= 0.3 is 0 Å². The summed E-state index contributed by atoms with van der Waals surface area (Å²) in [5, 5.41) is 11.1. The summed E-state index contributed by atoms with van der Waals surface area (Å²) in [6.45, 7) is 0.176. The maximum absolute atomic E-state index is 12.8. The molecule has 0 fully saturated rings. The van der Waals surface area contributed by atoms with Gasteiger partial charge in [0.25, 0.3) is 0 Å². The van der Waals surface area contributed by atoms with Crippen LogP contribution in [-0.4, -0.2) is 24.8 Å². The molecule has 0 bridgehead atoms. The van der Waals surface area contributed by atoms with Crippen LogP contribution in [0.1, 0.15) is 28.4 Å². The predicted octanol–water partition coefficient (Wildman–Crippen LogP) is 3.58. The third-order valence-electron chi connectivity index (χ3n) is 4.68. The third kappa shape index (κ3) is 1.97. The van der Waals surface area contributed by atoms with Crippen LogP contribution in [0.15, 0.2) is 34.9 Å². The molecule has 2 aliphatic rings. The van der Waals surface area contributed by atoms with E-state index in [9.17, 15) is 9.90 Å². The molecule has 2 aromatic carbocycles. The van der Waals surface area contributed by atoms with Gasteiger partial charge in [0, 0.05) is 0 Å². The van der Waals surface area contributed by atoms with E-state index in [4.69, 9.17) is 23.4 Å². The van der Waals surface area contributed by atoms with E-state index >= 15 is 0 Å². The molecule has 7 nitrogen and oxygen atoms in total. The highest BCUT2D eigenvalue weighted by atomic mass is 16.7. The Morgan fingerprint density at radius 3 is 2.88 bits per heavy atom. The summed E-state index contributed by atoms with van der Waals surface area (Å²) in [5.41, 5.74) is 1.25. The number of hydrogen-bond donors (Lipinski definition) is 1. The standard InChI is InChI=1S/C19H14O7/c1-22-19-16(21)15-11(20)7-13(26-17(15)10-4-5-23-18(10)19)9-2-3-12-14(6-9)25-8-24-12/h2-6,13,21H,7-8H2,1H3/t13-/m0/s1. The molecule has 0 aliphatic carbocycles. The van der Waals surface area contributed by atoms with Crippen molar-refractivity contribution in [2.45, 2.75) is 12.5 Å². The van der Waals surface area contributed by atoms with Gasteiger partial charge < -0.3 is 28.5 Å². The van der Waals surface area contributed by atoms with Crippen LogP contribution < -0.4 is 18.9 Å². The van der Waals surface area contributed by atoms with Gasteiger partial charge in [0.1, 0.15) is 17.4 Å². The number of benzene rings is 2. The zero-order valence-electron chi connectivity index (χ0n) is 13.8. The Labute approximate surface area is 147 Å². The fourth-order valence-corrected chi connectivity index (χ4v) is 3.45. The lowest BCUT2D eigenvalue weighted by Crippen LogP contribution is -2.21. The van der Waals surface area contributed by atoms with Crippen molar-refractivity contribution < 1.29 is 33.3 Å². The number of hydrogen-bond acceptors (Lipinski definition) is 7. The molecule has 0 amide bonds. The van der Waals surface area contributed by atoms with Crippen molar-refractivity contribution in [2.75, 3.05) is 13.9 Å². The summed E-state index contributed by atoms with van der Waals surface area (Å²) in [5.74, 6) is 1.21. The second kappa shape index (κ2) is 5.32. The Hall–Kier alpha value is -3.35. The number of ketones is 1. The van der Waals surface area contributed by atoms with Gasteiger partial charge in [-0.2, -0.15) is 0 Å². The third-order valence-corrected chi connectivity index (χ3v) is 4.68. The van der Waals surface area contributed by atoms with Gasteiger partial charge in [-0.05, 0) is 23.8 Å². The second-order valence-electron chi connectivity index (χ2n) is 6.10. The normalized spacial score (nSPS) is 17.9. The first-order valence-electron chi connectivity index (χ1n) is 8.07. The number of methoxy groups -OCH3 is 1. The molecule has 0 radical (unpaired) electrons. The molecule has 5 rings (SSSR count). The summed E-state index contributed by atoms with van der Waals surface area (Å²) in [4.78, 5) is 12.8. The highest BCUT2D eigenvalue weighted by Gasteiger charge is 2.35. The molecular formula is C19H14O7. The molecule has 1 atom stereocenters.